The Balaban J connectivity index is 2.64. The van der Waals surface area contributed by atoms with E-state index < -0.39 is 50.7 Å². The summed E-state index contributed by atoms with van der Waals surface area (Å²) in [5.41, 5.74) is 5.99. The van der Waals surface area contributed by atoms with Gasteiger partial charge in [-0.05, 0) is 63.0 Å². The van der Waals surface area contributed by atoms with Crippen molar-refractivity contribution in [2.75, 3.05) is 128 Å². The first kappa shape index (κ1) is 78.5. The summed E-state index contributed by atoms with van der Waals surface area (Å²) in [7, 11) is 9.73. The molecule has 0 atom stereocenters. The van der Waals surface area contributed by atoms with Gasteiger partial charge in [0.05, 0.1) is 19.6 Å². The van der Waals surface area contributed by atoms with E-state index in [-0.39, 0.29) is 103 Å². The second kappa shape index (κ2) is 35.3. The molecule has 0 fully saturated rings. The Bertz CT molecular complexity index is 2790. The van der Waals surface area contributed by atoms with Crippen LogP contribution in [0.4, 0.5) is 0 Å². The highest BCUT2D eigenvalue weighted by Crippen LogP contribution is 2.53. The number of nitrogens with zero attached hydrogens (tertiary/aromatic N) is 3. The number of hydrogen-bond acceptors (Lipinski definition) is 13. The van der Waals surface area contributed by atoms with Crippen molar-refractivity contribution in [1.29, 1.82) is 0 Å². The Morgan fingerprint density at radius 1 is 0.385 bits per heavy atom. The van der Waals surface area contributed by atoms with Gasteiger partial charge >= 0.3 is 0 Å². The van der Waals surface area contributed by atoms with Crippen LogP contribution < -0.4 is 35.5 Å². The van der Waals surface area contributed by atoms with Gasteiger partial charge in [-0.1, -0.05) is 153 Å². The Morgan fingerprint density at radius 3 is 1.01 bits per heavy atom. The Labute approximate surface area is 544 Å². The number of carbonyl (C=O) groups excluding carboxylic acids is 7. The topological polar surface area (TPSA) is 233 Å². The van der Waals surface area contributed by atoms with Crippen LogP contribution in [0.2, 0.25) is 0 Å². The van der Waals surface area contributed by atoms with Crippen LogP contribution in [0.15, 0.2) is 36.4 Å². The Morgan fingerprint density at radius 2 is 0.703 bits per heavy atom. The second-order valence-electron chi connectivity index (χ2n) is 29.2. The number of ether oxygens (including phenoxy) is 6. The van der Waals surface area contributed by atoms with Gasteiger partial charge in [0.25, 0.3) is 0 Å². The predicted molar refractivity (Wildman–Crippen MR) is 359 cm³/mol. The lowest BCUT2D eigenvalue weighted by Gasteiger charge is -2.36. The zero-order chi connectivity index (χ0) is 68.8. The molecular weight excluding hydrogens is 1160 g/mol. The number of hydrogen-bond donors (Lipinski definition) is 4. The second-order valence-corrected chi connectivity index (χ2v) is 29.2. The molecule has 0 saturated carbocycles. The number of benzene rings is 3. The average Bonchev–Trinajstić information content (AvgIpc) is 0.736. The summed E-state index contributed by atoms with van der Waals surface area (Å²) in [5, 5.41) is 11.7. The van der Waals surface area contributed by atoms with Gasteiger partial charge < -0.3 is 64.4 Å². The zero-order valence-corrected chi connectivity index (χ0v) is 59.4. The molecular formula is C71H113N7O13. The molecule has 4 N–H and O–H groups in total. The van der Waals surface area contributed by atoms with E-state index in [1.807, 2.05) is 0 Å². The summed E-state index contributed by atoms with van der Waals surface area (Å²) in [5.74, 6) is -1.00. The largest absolute Gasteiger partial charge is 0.491 e. The van der Waals surface area contributed by atoms with E-state index in [1.54, 1.807) is 42.3 Å². The quantitative estimate of drug-likeness (QED) is 0.0325. The maximum absolute atomic E-state index is 13.3. The van der Waals surface area contributed by atoms with Gasteiger partial charge in [-0.2, -0.15) is 0 Å². The van der Waals surface area contributed by atoms with Crippen molar-refractivity contribution >= 4 is 41.4 Å². The maximum Gasteiger partial charge on any atom is 0.248 e. The van der Waals surface area contributed by atoms with E-state index in [0.29, 0.717) is 30.2 Å². The molecule has 0 aliphatic heterocycles. The minimum Gasteiger partial charge on any atom is -0.491 e. The van der Waals surface area contributed by atoms with Crippen LogP contribution >= 0.6 is 0 Å². The molecule has 0 aliphatic rings. The molecule has 20 nitrogen and oxygen atoms in total. The fourth-order valence-corrected chi connectivity index (χ4v) is 9.66. The number of likely N-dealkylation sites (N-methyl/N-ethyl adjacent to an activating group) is 3. The summed E-state index contributed by atoms with van der Waals surface area (Å²) in [6.07, 6.45) is 4.26. The van der Waals surface area contributed by atoms with Gasteiger partial charge in [-0.3, -0.25) is 33.6 Å². The fourth-order valence-electron chi connectivity index (χ4n) is 9.66. The van der Waals surface area contributed by atoms with Crippen LogP contribution in [0.3, 0.4) is 0 Å². The number of rotatable bonds is 34. The highest BCUT2D eigenvalue weighted by atomic mass is 16.5. The van der Waals surface area contributed by atoms with Gasteiger partial charge in [-0.15, -0.1) is 0 Å². The first-order valence-electron chi connectivity index (χ1n) is 32.0. The minimum absolute atomic E-state index is 0.0511. The molecule has 510 valence electrons. The standard InChI is InChI=1S/C71H113N7O13/c1-47(79)72-28-26-24-23-25-27-48-35-51(64(54(36-48)69(8,9)10)89-32-29-73-57(80)41-86-44-60(83)76(17)18)63(52-37-49(67(2,3)4)39-55(70(11,12)13)65(52)90-33-30-74-58(81)42-87-45-61(84)77(19)20)53-38-50(68(5,6)7)40-56(71(14,15)16)66(53)91-34-31-75-59(82)43-88-46-62(85)78(21)22/h35-40,63H,23-34,41-46H2,1-22H3,(H,72,79)(H,73,80)(H,74,81)(H,75,82). The molecule has 3 aromatic carbocycles. The molecule has 0 radical (unpaired) electrons. The van der Waals surface area contributed by atoms with Crippen molar-refractivity contribution in [3.05, 3.63) is 86.5 Å². The monoisotopic (exact) mass is 1270 g/mol. The summed E-state index contributed by atoms with van der Waals surface area (Å²) in [6, 6.07) is 13.4. The fraction of sp³-hybridized carbons (Fsp3) is 0.648. The summed E-state index contributed by atoms with van der Waals surface area (Å²) in [4.78, 5) is 92.6. The number of carbonyl (C=O) groups is 7. The van der Waals surface area contributed by atoms with Crippen LogP contribution in [-0.2, 0) is 81.3 Å². The molecule has 0 aliphatic carbocycles. The number of aryl methyl sites for hydroxylation is 1. The summed E-state index contributed by atoms with van der Waals surface area (Å²) < 4.78 is 38.1. The van der Waals surface area contributed by atoms with Crippen molar-refractivity contribution in [3.8, 4) is 17.2 Å². The smallest absolute Gasteiger partial charge is 0.248 e. The summed E-state index contributed by atoms with van der Waals surface area (Å²) >= 11 is 0. The third-order valence-electron chi connectivity index (χ3n) is 15.2. The third kappa shape index (κ3) is 26.4. The molecule has 0 heterocycles. The molecule has 0 bridgehead atoms. The Kier molecular flexibility index (Phi) is 30.5. The predicted octanol–water partition coefficient (Wildman–Crippen LogP) is 8.39. The normalized spacial score (nSPS) is 12.1. The molecule has 7 amide bonds. The number of nitrogens with one attached hydrogen (secondary N) is 4. The van der Waals surface area contributed by atoms with Gasteiger partial charge in [0.1, 0.15) is 76.7 Å². The van der Waals surface area contributed by atoms with Gasteiger partial charge in [0.15, 0.2) is 0 Å². The number of amides is 7. The molecule has 0 unspecified atom stereocenters. The van der Waals surface area contributed by atoms with Gasteiger partial charge in [0, 0.05) is 95.1 Å². The van der Waals surface area contributed by atoms with Gasteiger partial charge in [0.2, 0.25) is 41.4 Å². The van der Waals surface area contributed by atoms with Crippen LogP contribution in [-0.4, -0.2) is 184 Å². The lowest BCUT2D eigenvalue weighted by molar-refractivity contribution is -0.137. The van der Waals surface area contributed by atoms with Crippen molar-refractivity contribution in [2.24, 2.45) is 0 Å². The van der Waals surface area contributed by atoms with Gasteiger partial charge in [-0.25, -0.2) is 0 Å². The van der Waals surface area contributed by atoms with Crippen molar-refractivity contribution in [1.82, 2.24) is 36.0 Å². The Hall–Kier alpha value is -6.77. The lowest BCUT2D eigenvalue weighted by atomic mass is 9.71. The SMILES string of the molecule is CC(=O)NCCCCCCc1cc(C(c2cc(C(C)(C)C)cc(C(C)(C)C)c2OCCNC(=O)COCC(=O)N(C)C)c2cc(C(C)(C)C)cc(C(C)(C)C)c2OCCNC(=O)COCC(=O)N(C)C)c(OCCNC(=O)COCC(=O)N(C)C)c(C(C)(C)C)c1. The van der Waals surface area contributed by atoms with Crippen LogP contribution in [0, 0.1) is 0 Å². The molecule has 3 rings (SSSR count). The molecule has 91 heavy (non-hydrogen) atoms. The van der Waals surface area contributed by atoms with E-state index in [4.69, 9.17) is 28.4 Å². The van der Waals surface area contributed by atoms with Crippen molar-refractivity contribution in [2.45, 2.75) is 176 Å². The van der Waals surface area contributed by atoms with E-state index in [9.17, 15) is 33.6 Å². The van der Waals surface area contributed by atoms with Crippen LogP contribution in [0.5, 0.6) is 17.2 Å². The van der Waals surface area contributed by atoms with Crippen LogP contribution in [0.25, 0.3) is 0 Å². The first-order chi connectivity index (χ1) is 42.1. The van der Waals surface area contributed by atoms with E-state index in [1.165, 1.54) is 21.6 Å². The lowest BCUT2D eigenvalue weighted by Crippen LogP contribution is -2.34. The van der Waals surface area contributed by atoms with E-state index >= 15 is 0 Å². The zero-order valence-electron chi connectivity index (χ0n) is 59.4. The van der Waals surface area contributed by atoms with E-state index in [0.717, 1.165) is 75.8 Å². The van der Waals surface area contributed by atoms with Crippen molar-refractivity contribution < 1.29 is 62.0 Å². The highest BCUT2D eigenvalue weighted by Gasteiger charge is 2.38. The van der Waals surface area contributed by atoms with E-state index in [2.05, 4.69) is 162 Å². The third-order valence-corrected chi connectivity index (χ3v) is 15.2. The first-order valence-corrected chi connectivity index (χ1v) is 32.0. The molecule has 3 aromatic rings. The molecule has 0 spiro atoms. The molecule has 0 aromatic heterocycles. The average molecular weight is 1270 g/mol. The summed E-state index contributed by atoms with van der Waals surface area (Å²) in [6.45, 7) is 33.4. The molecule has 0 saturated heterocycles. The maximum atomic E-state index is 13.3. The highest BCUT2D eigenvalue weighted by molar-refractivity contribution is 5.81. The van der Waals surface area contributed by atoms with Crippen molar-refractivity contribution in [3.63, 3.8) is 0 Å². The van der Waals surface area contributed by atoms with Crippen LogP contribution in [0.1, 0.15) is 192 Å². The molecule has 20 heteroatoms. The minimum atomic E-state index is -0.739. The number of unbranched alkanes of at least 4 members (excludes halogenated alkanes) is 3.